The number of hydrogen-bond acceptors (Lipinski definition) is 5. The van der Waals surface area contributed by atoms with Gasteiger partial charge in [0.05, 0.1) is 6.54 Å². The average Bonchev–Trinajstić information content (AvgIpc) is 3.47. The number of fused-ring (bicyclic) bond motifs is 3. The molecule has 0 saturated carbocycles. The van der Waals surface area contributed by atoms with Crippen molar-refractivity contribution in [1.82, 2.24) is 10.6 Å². The monoisotopic (exact) mass is 476 g/mol. The summed E-state index contributed by atoms with van der Waals surface area (Å²) in [5.41, 5.74) is 4.49. The van der Waals surface area contributed by atoms with Crippen LogP contribution in [0.15, 0.2) is 65.1 Å². The van der Waals surface area contributed by atoms with E-state index in [9.17, 15) is 14.4 Å². The number of rotatable bonds is 9. The van der Waals surface area contributed by atoms with Crippen LogP contribution in [0.4, 0.5) is 4.79 Å². The molecule has 4 rings (SSSR count). The van der Waals surface area contributed by atoms with Crippen molar-refractivity contribution in [2.24, 2.45) is 5.92 Å². The van der Waals surface area contributed by atoms with Gasteiger partial charge in [-0.3, -0.25) is 4.79 Å². The van der Waals surface area contributed by atoms with E-state index in [1.54, 1.807) is 0 Å². The van der Waals surface area contributed by atoms with Crippen LogP contribution < -0.4 is 10.6 Å². The Morgan fingerprint density at radius 1 is 1.00 bits per heavy atom. The minimum Gasteiger partial charge on any atom is -0.475 e. The molecule has 3 N–H and O–H groups in total. The lowest BCUT2D eigenvalue weighted by atomic mass is 9.98. The van der Waals surface area contributed by atoms with Gasteiger partial charge in [-0.25, -0.2) is 9.59 Å². The second kappa shape index (κ2) is 10.5. The van der Waals surface area contributed by atoms with Crippen LogP contribution in [0.25, 0.3) is 11.1 Å². The summed E-state index contributed by atoms with van der Waals surface area (Å²) in [6, 6.07) is 18.1. The number of benzene rings is 2. The van der Waals surface area contributed by atoms with Crippen molar-refractivity contribution in [1.29, 1.82) is 0 Å². The van der Waals surface area contributed by atoms with E-state index in [1.165, 1.54) is 12.1 Å². The van der Waals surface area contributed by atoms with Crippen molar-refractivity contribution in [3.63, 3.8) is 0 Å². The molecule has 2 aromatic carbocycles. The summed E-state index contributed by atoms with van der Waals surface area (Å²) in [5, 5.41) is 14.4. The van der Waals surface area contributed by atoms with Crippen molar-refractivity contribution >= 4 is 18.0 Å². The molecule has 3 aromatic rings. The lowest BCUT2D eigenvalue weighted by Gasteiger charge is -2.23. The normalized spacial score (nSPS) is 13.9. The molecule has 2 unspecified atom stereocenters. The Hall–Kier alpha value is -4.07. The zero-order valence-electron chi connectivity index (χ0n) is 19.6. The molecule has 1 aliphatic carbocycles. The molecule has 0 radical (unpaired) electrons. The van der Waals surface area contributed by atoms with E-state index >= 15 is 0 Å². The molecule has 1 heterocycles. The zero-order chi connectivity index (χ0) is 24.9. The Labute approximate surface area is 203 Å². The molecular weight excluding hydrogens is 448 g/mol. The number of carbonyl (C=O) groups excluding carboxylic acids is 2. The fourth-order valence-corrected chi connectivity index (χ4v) is 4.34. The van der Waals surface area contributed by atoms with E-state index in [1.807, 2.05) is 50.2 Å². The number of amides is 2. The average molecular weight is 477 g/mol. The van der Waals surface area contributed by atoms with Crippen LogP contribution in [-0.4, -0.2) is 35.7 Å². The largest absolute Gasteiger partial charge is 0.475 e. The lowest BCUT2D eigenvalue weighted by Crippen LogP contribution is -2.50. The van der Waals surface area contributed by atoms with Gasteiger partial charge in [-0.2, -0.15) is 0 Å². The summed E-state index contributed by atoms with van der Waals surface area (Å²) in [6.07, 6.45) is -0.00969. The van der Waals surface area contributed by atoms with E-state index in [-0.39, 0.29) is 30.7 Å². The third-order valence-electron chi connectivity index (χ3n) is 6.42. The summed E-state index contributed by atoms with van der Waals surface area (Å²) in [4.78, 5) is 36.5. The molecule has 0 aliphatic heterocycles. The van der Waals surface area contributed by atoms with Crippen molar-refractivity contribution < 1.29 is 28.6 Å². The Balaban J connectivity index is 1.38. The number of ether oxygens (including phenoxy) is 1. The van der Waals surface area contributed by atoms with Crippen LogP contribution in [-0.2, 0) is 16.1 Å². The first-order valence-electron chi connectivity index (χ1n) is 11.6. The highest BCUT2D eigenvalue weighted by molar-refractivity contribution is 5.86. The molecule has 0 saturated heterocycles. The smallest absolute Gasteiger partial charge is 0.407 e. The van der Waals surface area contributed by atoms with Gasteiger partial charge in [-0.05, 0) is 40.3 Å². The van der Waals surface area contributed by atoms with E-state index in [2.05, 4.69) is 22.8 Å². The fourth-order valence-electron chi connectivity index (χ4n) is 4.34. The van der Waals surface area contributed by atoms with Gasteiger partial charge in [-0.15, -0.1) is 0 Å². The van der Waals surface area contributed by atoms with Crippen molar-refractivity contribution in [2.45, 2.75) is 38.8 Å². The number of aromatic carboxylic acids is 1. The predicted molar refractivity (Wildman–Crippen MR) is 129 cm³/mol. The molecule has 8 heteroatoms. The van der Waals surface area contributed by atoms with E-state index in [4.69, 9.17) is 14.3 Å². The van der Waals surface area contributed by atoms with E-state index in [0.29, 0.717) is 12.2 Å². The van der Waals surface area contributed by atoms with Crippen LogP contribution in [0.2, 0.25) is 0 Å². The first-order valence-corrected chi connectivity index (χ1v) is 11.6. The van der Waals surface area contributed by atoms with E-state index in [0.717, 1.165) is 22.3 Å². The summed E-state index contributed by atoms with van der Waals surface area (Å²) >= 11 is 0. The van der Waals surface area contributed by atoms with Gasteiger partial charge in [0.2, 0.25) is 11.7 Å². The zero-order valence-corrected chi connectivity index (χ0v) is 19.6. The van der Waals surface area contributed by atoms with Crippen molar-refractivity contribution in [2.75, 3.05) is 6.61 Å². The number of hydrogen-bond donors (Lipinski definition) is 3. The molecule has 2 atom stereocenters. The quantitative estimate of drug-likeness (QED) is 0.417. The lowest BCUT2D eigenvalue weighted by molar-refractivity contribution is -0.124. The molecule has 35 heavy (non-hydrogen) atoms. The maximum atomic E-state index is 12.8. The first-order chi connectivity index (χ1) is 16.9. The SMILES string of the molecule is CCC(C)C(NC(=O)OCC1c2ccccc2-c2ccccc21)C(=O)NCc1ccc(C(=O)O)o1. The maximum Gasteiger partial charge on any atom is 0.407 e. The van der Waals surface area contributed by atoms with Crippen LogP contribution in [0, 0.1) is 5.92 Å². The van der Waals surface area contributed by atoms with Gasteiger partial charge in [0, 0.05) is 5.92 Å². The molecule has 1 aliphatic rings. The Morgan fingerprint density at radius 3 is 2.20 bits per heavy atom. The first kappa shape index (κ1) is 24.1. The summed E-state index contributed by atoms with van der Waals surface area (Å²) in [7, 11) is 0. The number of furan rings is 1. The van der Waals surface area contributed by atoms with Crippen molar-refractivity contribution in [3.8, 4) is 11.1 Å². The number of carboxylic acid groups (broad SMARTS) is 1. The third-order valence-corrected chi connectivity index (χ3v) is 6.42. The van der Waals surface area contributed by atoms with Crippen molar-refractivity contribution in [3.05, 3.63) is 83.3 Å². The Morgan fingerprint density at radius 2 is 1.63 bits per heavy atom. The molecule has 182 valence electrons. The fraction of sp³-hybridized carbons (Fsp3) is 0.296. The second-order valence-corrected chi connectivity index (χ2v) is 8.62. The number of carboxylic acids is 1. The summed E-state index contributed by atoms with van der Waals surface area (Å²) in [6.45, 7) is 3.95. The number of alkyl carbamates (subject to hydrolysis) is 1. The highest BCUT2D eigenvalue weighted by Gasteiger charge is 2.31. The minimum atomic E-state index is -1.18. The molecule has 0 spiro atoms. The van der Waals surface area contributed by atoms with E-state index < -0.39 is 24.0 Å². The summed E-state index contributed by atoms with van der Waals surface area (Å²) < 4.78 is 10.8. The van der Waals surface area contributed by atoms with Crippen LogP contribution in [0.5, 0.6) is 0 Å². The standard InChI is InChI=1S/C27H28N2O6/c1-3-16(2)24(25(30)28-14-17-12-13-23(35-17)26(31)32)29-27(33)34-15-22-20-10-6-4-8-18(20)19-9-5-7-11-21(19)22/h4-13,16,22,24H,3,14-15H2,1-2H3,(H,28,30)(H,29,33)(H,31,32). The third kappa shape index (κ3) is 5.21. The number of nitrogens with one attached hydrogen (secondary N) is 2. The topological polar surface area (TPSA) is 118 Å². The molecule has 0 bridgehead atoms. The summed E-state index contributed by atoms with van der Waals surface area (Å²) in [5.74, 6) is -1.71. The van der Waals surface area contributed by atoms with Gasteiger partial charge in [0.1, 0.15) is 18.4 Å². The molecule has 1 aromatic heterocycles. The maximum absolute atomic E-state index is 12.8. The highest BCUT2D eigenvalue weighted by Crippen LogP contribution is 2.44. The molecule has 8 nitrogen and oxygen atoms in total. The van der Waals surface area contributed by atoms with Gasteiger partial charge < -0.3 is 24.9 Å². The predicted octanol–water partition coefficient (Wildman–Crippen LogP) is 4.55. The minimum absolute atomic E-state index is 0.00537. The van der Waals surface area contributed by atoms with Gasteiger partial charge >= 0.3 is 12.1 Å². The Bertz CT molecular complexity index is 1190. The second-order valence-electron chi connectivity index (χ2n) is 8.62. The van der Waals surface area contributed by atoms with Crippen LogP contribution >= 0.6 is 0 Å². The van der Waals surface area contributed by atoms with Gasteiger partial charge in [0.15, 0.2) is 0 Å². The number of carbonyl (C=O) groups is 3. The highest BCUT2D eigenvalue weighted by atomic mass is 16.5. The van der Waals surface area contributed by atoms with Crippen LogP contribution in [0.3, 0.4) is 0 Å². The Kier molecular flexibility index (Phi) is 7.19. The van der Waals surface area contributed by atoms with Crippen LogP contribution in [0.1, 0.15) is 53.6 Å². The molecule has 0 fully saturated rings. The molecule has 2 amide bonds. The van der Waals surface area contributed by atoms with Gasteiger partial charge in [-0.1, -0.05) is 68.8 Å². The molecular formula is C27H28N2O6. The van der Waals surface area contributed by atoms with Gasteiger partial charge in [0.25, 0.3) is 0 Å².